The number of rotatable bonds is 3. The number of hydrogen-bond acceptors (Lipinski definition) is 3. The van der Waals surface area contributed by atoms with Crippen molar-refractivity contribution < 1.29 is 13.9 Å². The molecule has 1 atom stereocenters. The summed E-state index contributed by atoms with van der Waals surface area (Å²) in [6.07, 6.45) is 0.405. The molecule has 1 aliphatic heterocycles. The van der Waals surface area contributed by atoms with Gasteiger partial charge in [-0.3, -0.25) is 4.79 Å². The van der Waals surface area contributed by atoms with Crippen LogP contribution in [0.4, 0.5) is 10.1 Å². The molecular formula is C20H16FNO2S. The van der Waals surface area contributed by atoms with Crippen molar-refractivity contribution in [2.45, 2.75) is 12.3 Å². The van der Waals surface area contributed by atoms with Crippen LogP contribution in [-0.2, 0) is 4.79 Å². The molecule has 1 amide bonds. The van der Waals surface area contributed by atoms with Crippen LogP contribution in [0.15, 0.2) is 53.9 Å². The summed E-state index contributed by atoms with van der Waals surface area (Å²) >= 11 is 1.60. The lowest BCUT2D eigenvalue weighted by atomic mass is 9.89. The lowest BCUT2D eigenvalue weighted by Gasteiger charge is -2.24. The summed E-state index contributed by atoms with van der Waals surface area (Å²) in [5, 5.41) is 4.96. The molecule has 0 spiro atoms. The number of nitrogens with one attached hydrogen (secondary N) is 1. The second-order valence-electron chi connectivity index (χ2n) is 5.98. The lowest BCUT2D eigenvalue weighted by Crippen LogP contribution is -2.22. The number of benzene rings is 2. The van der Waals surface area contributed by atoms with Gasteiger partial charge in [-0.05, 0) is 35.4 Å². The zero-order chi connectivity index (χ0) is 17.4. The van der Waals surface area contributed by atoms with E-state index in [-0.39, 0.29) is 17.6 Å². The molecule has 3 nitrogen and oxygen atoms in total. The Bertz CT molecular complexity index is 933. The number of hydrogen-bond donors (Lipinski definition) is 1. The van der Waals surface area contributed by atoms with E-state index >= 15 is 0 Å². The van der Waals surface area contributed by atoms with Crippen molar-refractivity contribution in [2.75, 3.05) is 12.4 Å². The van der Waals surface area contributed by atoms with Gasteiger partial charge in [-0.1, -0.05) is 24.3 Å². The minimum absolute atomic E-state index is 0.00182. The molecule has 1 N–H and O–H groups in total. The molecule has 25 heavy (non-hydrogen) atoms. The van der Waals surface area contributed by atoms with E-state index in [1.807, 2.05) is 35.7 Å². The van der Waals surface area contributed by atoms with Crippen molar-refractivity contribution in [3.8, 4) is 16.9 Å². The third kappa shape index (κ3) is 2.91. The third-order valence-electron chi connectivity index (χ3n) is 4.44. The molecule has 1 aromatic heterocycles. The zero-order valence-corrected chi connectivity index (χ0v) is 14.4. The molecule has 5 heteroatoms. The average Bonchev–Trinajstić information content (AvgIpc) is 3.05. The van der Waals surface area contributed by atoms with Crippen molar-refractivity contribution >= 4 is 22.9 Å². The van der Waals surface area contributed by atoms with Gasteiger partial charge in [-0.2, -0.15) is 0 Å². The van der Waals surface area contributed by atoms with Crippen molar-refractivity contribution in [2.24, 2.45) is 0 Å². The Morgan fingerprint density at radius 2 is 2.00 bits per heavy atom. The molecule has 0 radical (unpaired) electrons. The van der Waals surface area contributed by atoms with Gasteiger partial charge in [0.05, 0.1) is 12.8 Å². The molecule has 2 aromatic carbocycles. The smallest absolute Gasteiger partial charge is 0.225 e. The number of anilines is 1. The van der Waals surface area contributed by atoms with Crippen molar-refractivity contribution in [1.82, 2.24) is 0 Å². The Hall–Kier alpha value is -2.66. The first-order valence-corrected chi connectivity index (χ1v) is 8.85. The fraction of sp³-hybridized carbons (Fsp3) is 0.150. The van der Waals surface area contributed by atoms with Gasteiger partial charge in [0.15, 0.2) is 0 Å². The number of methoxy groups -OCH3 is 1. The second-order valence-corrected chi connectivity index (χ2v) is 6.89. The summed E-state index contributed by atoms with van der Waals surface area (Å²) in [5.41, 5.74) is 3.51. The van der Waals surface area contributed by atoms with E-state index in [9.17, 15) is 9.18 Å². The standard InChI is InChI=1S/C20H16FNO2S/c1-24-15-7-5-12(6-8-15)16-10-18(23)22-19-17(11-25-20(16)19)13-3-2-4-14(21)9-13/h2-9,11,16H,10H2,1H3,(H,22,23)/t16-/m1/s1. The van der Waals surface area contributed by atoms with Crippen molar-refractivity contribution in [1.29, 1.82) is 0 Å². The van der Waals surface area contributed by atoms with Gasteiger partial charge in [-0.15, -0.1) is 11.3 Å². The van der Waals surface area contributed by atoms with Gasteiger partial charge >= 0.3 is 0 Å². The lowest BCUT2D eigenvalue weighted by molar-refractivity contribution is -0.116. The summed E-state index contributed by atoms with van der Waals surface area (Å²) in [6.45, 7) is 0. The van der Waals surface area contributed by atoms with Crippen LogP contribution < -0.4 is 10.1 Å². The maximum absolute atomic E-state index is 13.6. The van der Waals surface area contributed by atoms with Crippen LogP contribution >= 0.6 is 11.3 Å². The molecule has 0 saturated heterocycles. The van der Waals surface area contributed by atoms with Gasteiger partial charge in [0.1, 0.15) is 11.6 Å². The highest BCUT2D eigenvalue weighted by atomic mass is 32.1. The van der Waals surface area contributed by atoms with E-state index in [2.05, 4.69) is 5.32 Å². The van der Waals surface area contributed by atoms with Crippen LogP contribution in [0.2, 0.25) is 0 Å². The molecule has 3 aromatic rings. The molecule has 0 bridgehead atoms. The number of ether oxygens (including phenoxy) is 1. The topological polar surface area (TPSA) is 38.3 Å². The maximum Gasteiger partial charge on any atom is 0.225 e. The number of thiophene rings is 1. The predicted octanol–water partition coefficient (Wildman–Crippen LogP) is 5.04. The summed E-state index contributed by atoms with van der Waals surface area (Å²) < 4.78 is 18.8. The van der Waals surface area contributed by atoms with Gasteiger partial charge in [0.2, 0.25) is 5.91 Å². The predicted molar refractivity (Wildman–Crippen MR) is 97.8 cm³/mol. The van der Waals surface area contributed by atoms with Gasteiger partial charge in [0.25, 0.3) is 0 Å². The van der Waals surface area contributed by atoms with E-state index < -0.39 is 0 Å². The van der Waals surface area contributed by atoms with E-state index in [4.69, 9.17) is 4.74 Å². The Morgan fingerprint density at radius 3 is 2.72 bits per heavy atom. The SMILES string of the molecule is COc1ccc([C@H]2CC(=O)Nc3c(-c4cccc(F)c4)csc32)cc1. The molecule has 0 unspecified atom stereocenters. The Kier molecular flexibility index (Phi) is 4.01. The largest absolute Gasteiger partial charge is 0.497 e. The molecule has 0 fully saturated rings. The number of halogens is 1. The third-order valence-corrected chi connectivity index (χ3v) is 5.54. The van der Waals surface area contributed by atoms with Crippen molar-refractivity contribution in [3.63, 3.8) is 0 Å². The summed E-state index contributed by atoms with van der Waals surface area (Å²) in [4.78, 5) is 13.4. The molecular weight excluding hydrogens is 337 g/mol. The molecule has 2 heterocycles. The monoisotopic (exact) mass is 353 g/mol. The first-order valence-electron chi connectivity index (χ1n) is 7.97. The quantitative estimate of drug-likeness (QED) is 0.717. The number of carbonyl (C=O) groups excluding carboxylic acids is 1. The first kappa shape index (κ1) is 15.8. The number of fused-ring (bicyclic) bond motifs is 1. The van der Waals surface area contributed by atoms with Crippen LogP contribution in [0.3, 0.4) is 0 Å². The second kappa shape index (κ2) is 6.33. The highest BCUT2D eigenvalue weighted by Gasteiger charge is 2.30. The fourth-order valence-electron chi connectivity index (χ4n) is 3.20. The van der Waals surface area contributed by atoms with Gasteiger partial charge in [-0.25, -0.2) is 4.39 Å². The Labute approximate surface area is 149 Å². The zero-order valence-electron chi connectivity index (χ0n) is 13.6. The van der Waals surface area contributed by atoms with Crippen LogP contribution in [0.5, 0.6) is 5.75 Å². The normalized spacial score (nSPS) is 16.2. The van der Waals surface area contributed by atoms with Gasteiger partial charge in [0, 0.05) is 28.2 Å². The van der Waals surface area contributed by atoms with Gasteiger partial charge < -0.3 is 10.1 Å². The molecule has 0 saturated carbocycles. The van der Waals surface area contributed by atoms with E-state index in [1.165, 1.54) is 12.1 Å². The maximum atomic E-state index is 13.6. The van der Waals surface area contributed by atoms with Crippen LogP contribution in [-0.4, -0.2) is 13.0 Å². The molecule has 4 rings (SSSR count). The first-order chi connectivity index (χ1) is 12.2. The number of carbonyl (C=O) groups is 1. The highest BCUT2D eigenvalue weighted by molar-refractivity contribution is 7.11. The Morgan fingerprint density at radius 1 is 1.20 bits per heavy atom. The summed E-state index contributed by atoms with van der Waals surface area (Å²) in [5.74, 6) is 0.480. The minimum Gasteiger partial charge on any atom is -0.497 e. The van der Waals surface area contributed by atoms with E-state index in [0.717, 1.165) is 33.0 Å². The Balaban J connectivity index is 1.78. The average molecular weight is 353 g/mol. The molecule has 0 aliphatic carbocycles. The summed E-state index contributed by atoms with van der Waals surface area (Å²) in [7, 11) is 1.63. The van der Waals surface area contributed by atoms with Crippen LogP contribution in [0, 0.1) is 5.82 Å². The van der Waals surface area contributed by atoms with Crippen molar-refractivity contribution in [3.05, 3.63) is 70.2 Å². The fourth-order valence-corrected chi connectivity index (χ4v) is 4.36. The highest BCUT2D eigenvalue weighted by Crippen LogP contribution is 2.46. The molecule has 126 valence electrons. The number of amides is 1. The van der Waals surface area contributed by atoms with E-state index in [1.54, 1.807) is 24.5 Å². The van der Waals surface area contributed by atoms with Crippen LogP contribution in [0.1, 0.15) is 22.8 Å². The van der Waals surface area contributed by atoms with E-state index in [0.29, 0.717) is 6.42 Å². The molecule has 1 aliphatic rings. The summed E-state index contributed by atoms with van der Waals surface area (Å²) in [6, 6.07) is 14.2. The minimum atomic E-state index is -0.286. The van der Waals surface area contributed by atoms with Crippen LogP contribution in [0.25, 0.3) is 11.1 Å².